The zero-order valence-corrected chi connectivity index (χ0v) is 17.5. The summed E-state index contributed by atoms with van der Waals surface area (Å²) < 4.78 is 20.9. The monoisotopic (exact) mass is 422 g/mol. The molecule has 1 aromatic rings. The van der Waals surface area contributed by atoms with Gasteiger partial charge in [-0.05, 0) is 12.0 Å². The maximum Gasteiger partial charge on any atom is 0.409 e. The number of esters is 1. The van der Waals surface area contributed by atoms with Crippen molar-refractivity contribution in [1.82, 2.24) is 10.2 Å². The first kappa shape index (κ1) is 23.5. The van der Waals surface area contributed by atoms with E-state index < -0.39 is 30.3 Å². The topological polar surface area (TPSA) is 103 Å². The van der Waals surface area contributed by atoms with E-state index in [4.69, 9.17) is 18.9 Å². The molecule has 166 valence electrons. The van der Waals surface area contributed by atoms with Gasteiger partial charge in [0.15, 0.2) is 0 Å². The quantitative estimate of drug-likeness (QED) is 0.370. The highest BCUT2D eigenvalue weighted by atomic mass is 16.6. The summed E-state index contributed by atoms with van der Waals surface area (Å²) in [6.07, 6.45) is 0.301. The minimum absolute atomic E-state index is 0.0812. The van der Waals surface area contributed by atoms with Crippen LogP contribution in [0.2, 0.25) is 0 Å². The Bertz CT molecular complexity index is 683. The third-order valence-electron chi connectivity index (χ3n) is 4.61. The summed E-state index contributed by atoms with van der Waals surface area (Å²) in [5.74, 6) is -0.613. The molecule has 0 unspecified atom stereocenters. The van der Waals surface area contributed by atoms with Crippen molar-refractivity contribution in [2.75, 3.05) is 33.4 Å². The Morgan fingerprint density at radius 2 is 2.00 bits per heavy atom. The van der Waals surface area contributed by atoms with Crippen molar-refractivity contribution in [1.29, 1.82) is 0 Å². The molecule has 0 saturated carbocycles. The van der Waals surface area contributed by atoms with Crippen LogP contribution < -0.4 is 5.32 Å². The van der Waals surface area contributed by atoms with Crippen LogP contribution in [-0.4, -0.2) is 68.6 Å². The second kappa shape index (κ2) is 12.7. The normalized spacial score (nSPS) is 17.0. The van der Waals surface area contributed by atoms with Crippen LogP contribution in [0.1, 0.15) is 31.7 Å². The third-order valence-corrected chi connectivity index (χ3v) is 4.61. The number of carbonyl (C=O) groups is 3. The Balaban J connectivity index is 1.86. The van der Waals surface area contributed by atoms with E-state index in [2.05, 4.69) is 5.32 Å². The Kier molecular flexibility index (Phi) is 9.93. The van der Waals surface area contributed by atoms with E-state index in [1.165, 1.54) is 7.11 Å². The Morgan fingerprint density at radius 3 is 2.70 bits per heavy atom. The highest BCUT2D eigenvalue weighted by Crippen LogP contribution is 2.13. The van der Waals surface area contributed by atoms with Gasteiger partial charge in [-0.3, -0.25) is 0 Å². The van der Waals surface area contributed by atoms with Crippen LogP contribution in [0.5, 0.6) is 0 Å². The molecule has 0 radical (unpaired) electrons. The number of methoxy groups -OCH3 is 1. The molecule has 1 heterocycles. The number of rotatable bonds is 9. The Hall–Kier alpha value is -2.81. The van der Waals surface area contributed by atoms with Crippen LogP contribution in [-0.2, 0) is 30.3 Å². The number of unbranched alkanes of at least 4 members (excludes halogenated alkanes) is 1. The molecule has 2 atom stereocenters. The highest BCUT2D eigenvalue weighted by Gasteiger charge is 2.31. The van der Waals surface area contributed by atoms with E-state index in [1.54, 1.807) is 4.90 Å². The average molecular weight is 422 g/mol. The fourth-order valence-electron chi connectivity index (χ4n) is 2.95. The van der Waals surface area contributed by atoms with Crippen molar-refractivity contribution < 1.29 is 33.3 Å². The summed E-state index contributed by atoms with van der Waals surface area (Å²) in [7, 11) is 1.24. The molecule has 2 rings (SSSR count). The minimum atomic E-state index is -0.959. The first-order chi connectivity index (χ1) is 14.5. The average Bonchev–Trinajstić information content (AvgIpc) is 2.77. The van der Waals surface area contributed by atoms with Crippen molar-refractivity contribution in [3.63, 3.8) is 0 Å². The molecular weight excluding hydrogens is 392 g/mol. The fourth-order valence-corrected chi connectivity index (χ4v) is 2.95. The zero-order valence-electron chi connectivity index (χ0n) is 17.5. The maximum absolute atomic E-state index is 12.2. The smallest absolute Gasteiger partial charge is 0.409 e. The van der Waals surface area contributed by atoms with Crippen LogP contribution in [0.4, 0.5) is 9.59 Å². The van der Waals surface area contributed by atoms with Gasteiger partial charge in [0, 0.05) is 13.0 Å². The molecule has 2 amide bonds. The summed E-state index contributed by atoms with van der Waals surface area (Å²) in [5.41, 5.74) is 0.829. The number of hydrogen-bond acceptors (Lipinski definition) is 7. The molecule has 1 aliphatic heterocycles. The van der Waals surface area contributed by atoms with E-state index in [0.29, 0.717) is 19.8 Å². The molecular formula is C21H30N2O7. The van der Waals surface area contributed by atoms with E-state index >= 15 is 0 Å². The number of ether oxygens (including phenoxy) is 4. The van der Waals surface area contributed by atoms with Gasteiger partial charge in [0.1, 0.15) is 12.6 Å². The van der Waals surface area contributed by atoms with Gasteiger partial charge in [0.2, 0.25) is 0 Å². The lowest BCUT2D eigenvalue weighted by atomic mass is 10.1. The van der Waals surface area contributed by atoms with Crippen LogP contribution >= 0.6 is 0 Å². The van der Waals surface area contributed by atoms with Crippen molar-refractivity contribution >= 4 is 18.2 Å². The highest BCUT2D eigenvalue weighted by molar-refractivity contribution is 5.81. The molecule has 1 N–H and O–H groups in total. The molecule has 9 nitrogen and oxygen atoms in total. The Morgan fingerprint density at radius 1 is 1.23 bits per heavy atom. The molecule has 0 bridgehead atoms. The second-order valence-electron chi connectivity index (χ2n) is 6.92. The molecule has 30 heavy (non-hydrogen) atoms. The first-order valence-electron chi connectivity index (χ1n) is 10.1. The first-order valence-corrected chi connectivity index (χ1v) is 10.1. The summed E-state index contributed by atoms with van der Waals surface area (Å²) >= 11 is 0. The number of nitrogens with one attached hydrogen (secondary N) is 1. The third kappa shape index (κ3) is 7.90. The van der Waals surface area contributed by atoms with Gasteiger partial charge >= 0.3 is 18.2 Å². The number of nitrogens with zero attached hydrogens (tertiary/aromatic N) is 1. The van der Waals surface area contributed by atoms with Crippen LogP contribution in [0.3, 0.4) is 0 Å². The van der Waals surface area contributed by atoms with E-state index in [1.807, 2.05) is 37.3 Å². The van der Waals surface area contributed by atoms with Crippen LogP contribution in [0.25, 0.3) is 0 Å². The van der Waals surface area contributed by atoms with Crippen molar-refractivity contribution in [3.8, 4) is 0 Å². The summed E-state index contributed by atoms with van der Waals surface area (Å²) in [6.45, 7) is 3.47. The SMILES string of the molecule is CCCCOC(=O)N1CCO[C@@H](C[C@H](NC(=O)OCc2ccccc2)C(=O)OC)C1. The van der Waals surface area contributed by atoms with E-state index in [0.717, 1.165) is 18.4 Å². The number of amides is 2. The summed E-state index contributed by atoms with van der Waals surface area (Å²) in [4.78, 5) is 38.0. The molecule has 1 saturated heterocycles. The van der Waals surface area contributed by atoms with Crippen LogP contribution in [0.15, 0.2) is 30.3 Å². The van der Waals surface area contributed by atoms with Gasteiger partial charge in [-0.2, -0.15) is 0 Å². The maximum atomic E-state index is 12.2. The molecule has 0 spiro atoms. The summed E-state index contributed by atoms with van der Waals surface area (Å²) in [6, 6.07) is 8.24. The van der Waals surface area contributed by atoms with Gasteiger partial charge in [-0.15, -0.1) is 0 Å². The Labute approximate surface area is 176 Å². The van der Waals surface area contributed by atoms with Crippen molar-refractivity contribution in [2.45, 2.75) is 44.9 Å². The number of hydrogen-bond donors (Lipinski definition) is 1. The van der Waals surface area contributed by atoms with Gasteiger partial charge in [-0.1, -0.05) is 43.7 Å². The molecule has 9 heteroatoms. The van der Waals surface area contributed by atoms with Crippen LogP contribution in [0, 0.1) is 0 Å². The standard InChI is InChI=1S/C21H30N2O7/c1-3-4-11-29-21(26)23-10-12-28-17(14-23)13-18(19(24)27-2)22-20(25)30-15-16-8-6-5-7-9-16/h5-9,17-18H,3-4,10-15H2,1-2H3,(H,22,25)/t17-,18-/m0/s1. The molecule has 0 aliphatic carbocycles. The lowest BCUT2D eigenvalue weighted by molar-refractivity contribution is -0.144. The van der Waals surface area contributed by atoms with Crippen molar-refractivity contribution in [3.05, 3.63) is 35.9 Å². The lowest BCUT2D eigenvalue weighted by Gasteiger charge is -2.33. The molecule has 0 aromatic heterocycles. The van der Waals surface area contributed by atoms with Crippen molar-refractivity contribution in [2.24, 2.45) is 0 Å². The predicted octanol–water partition coefficient (Wildman–Crippen LogP) is 2.48. The van der Waals surface area contributed by atoms with E-state index in [-0.39, 0.29) is 19.6 Å². The molecule has 1 fully saturated rings. The minimum Gasteiger partial charge on any atom is -0.467 e. The van der Waals surface area contributed by atoms with Gasteiger partial charge in [0.05, 0.1) is 33.0 Å². The molecule has 1 aliphatic rings. The number of carbonyl (C=O) groups excluding carboxylic acids is 3. The fraction of sp³-hybridized carbons (Fsp3) is 0.571. The van der Waals surface area contributed by atoms with E-state index in [9.17, 15) is 14.4 Å². The van der Waals surface area contributed by atoms with Gasteiger partial charge in [0.25, 0.3) is 0 Å². The second-order valence-corrected chi connectivity index (χ2v) is 6.92. The predicted molar refractivity (Wildman–Crippen MR) is 108 cm³/mol. The molecule has 1 aromatic carbocycles. The van der Waals surface area contributed by atoms with Gasteiger partial charge < -0.3 is 29.2 Å². The number of alkyl carbamates (subject to hydrolysis) is 1. The lowest BCUT2D eigenvalue weighted by Crippen LogP contribution is -2.50. The largest absolute Gasteiger partial charge is 0.467 e. The number of morpholine rings is 1. The zero-order chi connectivity index (χ0) is 21.8. The number of benzene rings is 1. The summed E-state index contributed by atoms with van der Waals surface area (Å²) in [5, 5.41) is 2.52. The van der Waals surface area contributed by atoms with Gasteiger partial charge in [-0.25, -0.2) is 14.4 Å².